The van der Waals surface area contributed by atoms with Crippen LogP contribution in [0.5, 0.6) is 5.75 Å². The number of hydrogen-bond donors (Lipinski definition) is 3. The van der Waals surface area contributed by atoms with Gasteiger partial charge in [-0.05, 0) is 49.9 Å². The maximum atomic E-state index is 12.7. The summed E-state index contributed by atoms with van der Waals surface area (Å²) < 4.78 is 23.9. The monoisotopic (exact) mass is 497 g/mol. The second-order valence-electron chi connectivity index (χ2n) is 8.07. The Labute approximate surface area is 209 Å². The molecule has 2 aromatic carbocycles. The number of aryl methyl sites for hydroxylation is 2. The molecule has 0 radical (unpaired) electrons. The van der Waals surface area contributed by atoms with Gasteiger partial charge < -0.3 is 10.1 Å². The van der Waals surface area contributed by atoms with E-state index in [-0.39, 0.29) is 34.5 Å². The Morgan fingerprint density at radius 1 is 1.14 bits per heavy atom. The van der Waals surface area contributed by atoms with Crippen LogP contribution in [0.2, 0.25) is 0 Å². The molecule has 10 heteroatoms. The minimum absolute atomic E-state index is 0.0642. The molecule has 0 bridgehead atoms. The van der Waals surface area contributed by atoms with Crippen molar-refractivity contribution in [2.24, 2.45) is 5.92 Å². The molecule has 0 aliphatic rings. The number of carbonyl (C=O) groups is 1. The number of anilines is 1. The molecular weight excluding hydrogens is 466 g/mol. The van der Waals surface area contributed by atoms with Crippen LogP contribution < -0.4 is 20.9 Å². The van der Waals surface area contributed by atoms with E-state index < -0.39 is 17.1 Å². The van der Waals surface area contributed by atoms with E-state index in [1.54, 1.807) is 0 Å². The number of hydrazine groups is 1. The number of nitrogens with one attached hydrogen (secondary N) is 3. The SMILES string of the molecule is [C-]#[N+]c1cc(NNC(=O)NCCCOc2ccc(C)cc2C)c(S(=O)OCC(C)CC)cc1[N+]#[C-]. The molecule has 0 spiro atoms. The molecule has 2 atom stereocenters. The van der Waals surface area contributed by atoms with Gasteiger partial charge in [0.2, 0.25) is 0 Å². The van der Waals surface area contributed by atoms with Crippen molar-refractivity contribution >= 4 is 34.2 Å². The number of nitrogens with zero attached hydrogens (tertiary/aromatic N) is 2. The summed E-state index contributed by atoms with van der Waals surface area (Å²) >= 11 is -1.88. The number of carbonyl (C=O) groups excluding carboxylic acids is 1. The van der Waals surface area contributed by atoms with Crippen molar-refractivity contribution in [2.75, 3.05) is 25.2 Å². The predicted molar refractivity (Wildman–Crippen MR) is 137 cm³/mol. The Morgan fingerprint density at radius 2 is 1.86 bits per heavy atom. The van der Waals surface area contributed by atoms with Crippen molar-refractivity contribution in [2.45, 2.75) is 45.4 Å². The molecule has 0 saturated heterocycles. The van der Waals surface area contributed by atoms with E-state index >= 15 is 0 Å². The average Bonchev–Trinajstić information content (AvgIpc) is 2.85. The van der Waals surface area contributed by atoms with E-state index in [1.165, 1.54) is 17.7 Å². The maximum absolute atomic E-state index is 12.7. The summed E-state index contributed by atoms with van der Waals surface area (Å²) in [5.74, 6) is 1.03. The van der Waals surface area contributed by atoms with Crippen LogP contribution in [0.25, 0.3) is 9.69 Å². The Hall–Kier alpha value is -3.60. The van der Waals surface area contributed by atoms with Crippen molar-refractivity contribution in [3.05, 3.63) is 64.3 Å². The van der Waals surface area contributed by atoms with Crippen LogP contribution in [0.3, 0.4) is 0 Å². The van der Waals surface area contributed by atoms with Gasteiger partial charge in [-0.1, -0.05) is 38.0 Å². The number of benzene rings is 2. The summed E-state index contributed by atoms with van der Waals surface area (Å²) in [6, 6.07) is 8.18. The highest BCUT2D eigenvalue weighted by Gasteiger charge is 2.17. The molecule has 0 aliphatic heterocycles. The van der Waals surface area contributed by atoms with Gasteiger partial charge in [-0.25, -0.2) is 9.00 Å². The Balaban J connectivity index is 1.92. The molecule has 0 heterocycles. The van der Waals surface area contributed by atoms with Gasteiger partial charge in [-0.2, -0.15) is 0 Å². The first kappa shape index (κ1) is 27.6. The van der Waals surface area contributed by atoms with Crippen LogP contribution in [0.15, 0.2) is 35.2 Å². The molecule has 2 amide bonds. The van der Waals surface area contributed by atoms with Crippen molar-refractivity contribution < 1.29 is 17.9 Å². The van der Waals surface area contributed by atoms with Crippen molar-refractivity contribution in [3.63, 3.8) is 0 Å². The third-order valence-electron chi connectivity index (χ3n) is 5.16. The highest BCUT2D eigenvalue weighted by molar-refractivity contribution is 7.80. The molecule has 186 valence electrons. The number of urea groups is 1. The number of amides is 2. The van der Waals surface area contributed by atoms with Gasteiger partial charge in [-0.15, -0.1) is 0 Å². The topological polar surface area (TPSA) is 97.4 Å². The summed E-state index contributed by atoms with van der Waals surface area (Å²) in [6.07, 6.45) is 1.46. The molecule has 9 nitrogen and oxygen atoms in total. The van der Waals surface area contributed by atoms with Crippen LogP contribution in [-0.4, -0.2) is 30.0 Å². The molecule has 0 fully saturated rings. The van der Waals surface area contributed by atoms with E-state index in [9.17, 15) is 9.00 Å². The first-order valence-electron chi connectivity index (χ1n) is 11.3. The summed E-state index contributed by atoms with van der Waals surface area (Å²) in [6.45, 7) is 23.7. The summed E-state index contributed by atoms with van der Waals surface area (Å²) in [5, 5.41) is 2.70. The summed E-state index contributed by atoms with van der Waals surface area (Å²) in [5.41, 5.74) is 7.75. The van der Waals surface area contributed by atoms with E-state index in [1.807, 2.05) is 45.9 Å². The number of rotatable bonds is 12. The normalized spacial score (nSPS) is 12.1. The van der Waals surface area contributed by atoms with Gasteiger partial charge in [-0.3, -0.25) is 24.7 Å². The zero-order chi connectivity index (χ0) is 25.8. The van der Waals surface area contributed by atoms with Gasteiger partial charge in [0, 0.05) is 6.54 Å². The molecule has 0 aliphatic carbocycles. The lowest BCUT2D eigenvalue weighted by Crippen LogP contribution is -2.40. The molecule has 2 unspecified atom stereocenters. The van der Waals surface area contributed by atoms with Crippen LogP contribution in [0.1, 0.15) is 37.8 Å². The van der Waals surface area contributed by atoms with Gasteiger partial charge in [0.05, 0.1) is 36.9 Å². The average molecular weight is 498 g/mol. The zero-order valence-electron chi connectivity index (χ0n) is 20.4. The second-order valence-corrected chi connectivity index (χ2v) is 9.22. The lowest BCUT2D eigenvalue weighted by molar-refractivity contribution is 0.241. The van der Waals surface area contributed by atoms with E-state index in [4.69, 9.17) is 22.1 Å². The Kier molecular flexibility index (Phi) is 11.0. The molecule has 0 saturated carbocycles. The highest BCUT2D eigenvalue weighted by Crippen LogP contribution is 2.36. The second kappa shape index (κ2) is 14.0. The van der Waals surface area contributed by atoms with Crippen LogP contribution in [-0.2, 0) is 15.3 Å². The highest BCUT2D eigenvalue weighted by atomic mass is 32.2. The van der Waals surface area contributed by atoms with E-state index in [0.717, 1.165) is 17.7 Å². The smallest absolute Gasteiger partial charge is 0.333 e. The van der Waals surface area contributed by atoms with E-state index in [0.29, 0.717) is 19.6 Å². The fraction of sp³-hybridized carbons (Fsp3) is 0.400. The molecule has 3 N–H and O–H groups in total. The minimum Gasteiger partial charge on any atom is -0.493 e. The zero-order valence-corrected chi connectivity index (χ0v) is 21.3. The predicted octanol–water partition coefficient (Wildman–Crippen LogP) is 5.59. The Bertz CT molecular complexity index is 1140. The van der Waals surface area contributed by atoms with Gasteiger partial charge >= 0.3 is 6.03 Å². The first-order chi connectivity index (χ1) is 16.8. The number of ether oxygens (including phenoxy) is 1. The molecule has 0 aromatic heterocycles. The molecule has 2 rings (SSSR count). The minimum atomic E-state index is -1.88. The fourth-order valence-electron chi connectivity index (χ4n) is 2.92. The quantitative estimate of drug-likeness (QED) is 0.202. The third kappa shape index (κ3) is 8.60. The third-order valence-corrected chi connectivity index (χ3v) is 6.21. The van der Waals surface area contributed by atoms with E-state index in [2.05, 4.69) is 25.9 Å². The van der Waals surface area contributed by atoms with Gasteiger partial charge in [0.25, 0.3) is 0 Å². The van der Waals surface area contributed by atoms with Crippen molar-refractivity contribution in [1.82, 2.24) is 10.7 Å². The van der Waals surface area contributed by atoms with Crippen LogP contribution >= 0.6 is 0 Å². The molecule has 35 heavy (non-hydrogen) atoms. The van der Waals surface area contributed by atoms with Crippen LogP contribution in [0.4, 0.5) is 21.9 Å². The lowest BCUT2D eigenvalue weighted by atomic mass is 10.1. The van der Waals surface area contributed by atoms with Gasteiger partial charge in [0.15, 0.2) is 22.5 Å². The molecular formula is C25H31N5O4S. The van der Waals surface area contributed by atoms with Crippen molar-refractivity contribution in [1.29, 1.82) is 0 Å². The summed E-state index contributed by atoms with van der Waals surface area (Å²) in [7, 11) is 0. The largest absolute Gasteiger partial charge is 0.493 e. The van der Waals surface area contributed by atoms with Crippen molar-refractivity contribution in [3.8, 4) is 5.75 Å². The number of hydrogen-bond acceptors (Lipinski definition) is 5. The van der Waals surface area contributed by atoms with Gasteiger partial charge in [0.1, 0.15) is 5.75 Å². The standard InChI is InChI=1S/C25H31N5O4S/c1-7-17(2)16-34-35(32)24-15-21(27-6)20(26-5)14-22(24)29-30-25(31)28-11-8-12-33-23-10-9-18(3)13-19(23)4/h9-10,13-15,17,29H,7-8,11-12,16H2,1-4H3,(H2,28,30,31). The molecule has 2 aromatic rings. The summed E-state index contributed by atoms with van der Waals surface area (Å²) in [4.78, 5) is 19.1. The first-order valence-corrected chi connectivity index (χ1v) is 12.3. The van der Waals surface area contributed by atoms with Crippen LogP contribution in [0, 0.1) is 32.9 Å². The fourth-order valence-corrected chi connectivity index (χ4v) is 3.90. The maximum Gasteiger partial charge on any atom is 0.333 e. The Morgan fingerprint density at radius 3 is 2.51 bits per heavy atom. The lowest BCUT2D eigenvalue weighted by Gasteiger charge is -2.16.